The van der Waals surface area contributed by atoms with Gasteiger partial charge < -0.3 is 10.2 Å². The number of thiophene rings is 1. The molecule has 1 fully saturated rings. The number of thiazole rings is 1. The highest BCUT2D eigenvalue weighted by Gasteiger charge is 2.35. The number of rotatable bonds is 5. The Bertz CT molecular complexity index is 984. The summed E-state index contributed by atoms with van der Waals surface area (Å²) < 4.78 is 0. The van der Waals surface area contributed by atoms with Gasteiger partial charge in [-0.05, 0) is 30.0 Å². The predicted molar refractivity (Wildman–Crippen MR) is 116 cm³/mol. The van der Waals surface area contributed by atoms with Crippen molar-refractivity contribution in [3.05, 3.63) is 64.0 Å². The molecule has 2 aromatic heterocycles. The van der Waals surface area contributed by atoms with Crippen molar-refractivity contribution < 1.29 is 9.59 Å². The molecule has 0 spiro atoms. The third-order valence-corrected chi connectivity index (χ3v) is 7.49. The van der Waals surface area contributed by atoms with Crippen LogP contribution in [0.15, 0.2) is 47.2 Å². The Hall–Kier alpha value is -2.16. The van der Waals surface area contributed by atoms with Gasteiger partial charge >= 0.3 is 0 Å². The summed E-state index contributed by atoms with van der Waals surface area (Å²) >= 11 is 4.83. The minimum Gasteiger partial charge on any atom is -0.349 e. The van der Waals surface area contributed by atoms with E-state index in [9.17, 15) is 9.59 Å². The standard InChI is InChI=1S/C20H19N3O2S3/c1-13-5-2-3-6-15(13)20(25)23-12-26-11-16(23)18(24)21-9-14-10-28-19(22-14)17-7-4-8-27-17/h2-8,10,16H,9,11-12H2,1H3,(H,21,24)/t16-/m1/s1. The van der Waals surface area contributed by atoms with Crippen LogP contribution in [0, 0.1) is 6.92 Å². The first-order valence-corrected chi connectivity index (χ1v) is 11.7. The minimum atomic E-state index is -0.451. The molecule has 1 atom stereocenters. The lowest BCUT2D eigenvalue weighted by atomic mass is 10.1. The van der Waals surface area contributed by atoms with Crippen LogP contribution < -0.4 is 5.32 Å². The van der Waals surface area contributed by atoms with Crippen molar-refractivity contribution in [2.75, 3.05) is 11.6 Å². The molecule has 0 bridgehead atoms. The van der Waals surface area contributed by atoms with Gasteiger partial charge in [-0.1, -0.05) is 24.3 Å². The van der Waals surface area contributed by atoms with E-state index in [0.29, 0.717) is 23.7 Å². The molecule has 0 radical (unpaired) electrons. The van der Waals surface area contributed by atoms with Crippen molar-refractivity contribution in [3.8, 4) is 9.88 Å². The molecule has 28 heavy (non-hydrogen) atoms. The Kier molecular flexibility index (Phi) is 5.79. The minimum absolute atomic E-state index is 0.0862. The third-order valence-electron chi connectivity index (χ3n) is 4.55. The summed E-state index contributed by atoms with van der Waals surface area (Å²) in [5.74, 6) is 0.931. The highest BCUT2D eigenvalue weighted by atomic mass is 32.2. The molecule has 4 rings (SSSR count). The van der Waals surface area contributed by atoms with Crippen molar-refractivity contribution in [1.82, 2.24) is 15.2 Å². The van der Waals surface area contributed by atoms with E-state index in [1.807, 2.05) is 54.1 Å². The van der Waals surface area contributed by atoms with Crippen LogP contribution >= 0.6 is 34.4 Å². The van der Waals surface area contributed by atoms with Crippen LogP contribution in [-0.4, -0.2) is 39.4 Å². The third kappa shape index (κ3) is 3.99. The zero-order chi connectivity index (χ0) is 19.5. The number of hydrogen-bond acceptors (Lipinski definition) is 6. The first kappa shape index (κ1) is 19.2. The van der Waals surface area contributed by atoms with Crippen molar-refractivity contribution in [1.29, 1.82) is 0 Å². The molecule has 0 saturated carbocycles. The number of nitrogens with zero attached hydrogens (tertiary/aromatic N) is 2. The molecule has 8 heteroatoms. The fourth-order valence-electron chi connectivity index (χ4n) is 3.02. The van der Waals surface area contributed by atoms with E-state index in [1.165, 1.54) is 0 Å². The number of aryl methyl sites for hydroxylation is 1. The number of amides is 2. The van der Waals surface area contributed by atoms with Gasteiger partial charge in [0, 0.05) is 16.7 Å². The van der Waals surface area contributed by atoms with E-state index < -0.39 is 6.04 Å². The maximum atomic E-state index is 12.9. The summed E-state index contributed by atoms with van der Waals surface area (Å²) in [6.45, 7) is 2.28. The Morgan fingerprint density at radius 1 is 1.21 bits per heavy atom. The molecule has 1 aromatic carbocycles. The molecule has 144 valence electrons. The predicted octanol–water partition coefficient (Wildman–Crippen LogP) is 4.01. The summed E-state index contributed by atoms with van der Waals surface area (Å²) in [6.07, 6.45) is 0. The highest BCUT2D eigenvalue weighted by molar-refractivity contribution is 7.99. The van der Waals surface area contributed by atoms with E-state index >= 15 is 0 Å². The lowest BCUT2D eigenvalue weighted by Gasteiger charge is -2.23. The van der Waals surface area contributed by atoms with E-state index in [1.54, 1.807) is 39.3 Å². The quantitative estimate of drug-likeness (QED) is 0.666. The maximum Gasteiger partial charge on any atom is 0.255 e. The average molecular weight is 430 g/mol. The second-order valence-corrected chi connectivity index (χ2v) is 9.25. The fourth-order valence-corrected chi connectivity index (χ4v) is 5.81. The van der Waals surface area contributed by atoms with Gasteiger partial charge in [-0.25, -0.2) is 4.98 Å². The number of benzene rings is 1. The zero-order valence-corrected chi connectivity index (χ0v) is 17.7. The number of carbonyl (C=O) groups excluding carboxylic acids is 2. The number of aromatic nitrogens is 1. The van der Waals surface area contributed by atoms with Gasteiger partial charge in [0.1, 0.15) is 11.0 Å². The highest BCUT2D eigenvalue weighted by Crippen LogP contribution is 2.28. The molecular formula is C20H19N3O2S3. The van der Waals surface area contributed by atoms with Gasteiger partial charge in [0.25, 0.3) is 5.91 Å². The van der Waals surface area contributed by atoms with Crippen molar-refractivity contribution in [3.63, 3.8) is 0 Å². The Labute approximate surface area is 175 Å². The molecule has 1 aliphatic heterocycles. The van der Waals surface area contributed by atoms with Gasteiger partial charge in [-0.15, -0.1) is 34.4 Å². The van der Waals surface area contributed by atoms with Crippen LogP contribution in [0.2, 0.25) is 0 Å². The second kappa shape index (κ2) is 8.46. The molecule has 1 N–H and O–H groups in total. The summed E-state index contributed by atoms with van der Waals surface area (Å²) in [5.41, 5.74) is 2.42. The van der Waals surface area contributed by atoms with Gasteiger partial charge in [-0.2, -0.15) is 0 Å². The largest absolute Gasteiger partial charge is 0.349 e. The maximum absolute atomic E-state index is 12.9. The van der Waals surface area contributed by atoms with Gasteiger partial charge in [0.15, 0.2) is 0 Å². The summed E-state index contributed by atoms with van der Waals surface area (Å²) in [5, 5.41) is 7.91. The average Bonchev–Trinajstić information content (AvgIpc) is 3.47. The number of hydrogen-bond donors (Lipinski definition) is 1. The summed E-state index contributed by atoms with van der Waals surface area (Å²) in [6, 6.07) is 11.1. The van der Waals surface area contributed by atoms with Crippen molar-refractivity contribution in [2.45, 2.75) is 19.5 Å². The van der Waals surface area contributed by atoms with Crippen LogP contribution in [0.1, 0.15) is 21.6 Å². The summed E-state index contributed by atoms with van der Waals surface area (Å²) in [4.78, 5) is 33.0. The molecule has 2 amide bonds. The van der Waals surface area contributed by atoms with Crippen LogP contribution in [0.25, 0.3) is 9.88 Å². The van der Waals surface area contributed by atoms with E-state index in [2.05, 4.69) is 10.3 Å². The van der Waals surface area contributed by atoms with Crippen molar-refractivity contribution >= 4 is 46.2 Å². The molecule has 0 aliphatic carbocycles. The molecule has 5 nitrogen and oxygen atoms in total. The smallest absolute Gasteiger partial charge is 0.255 e. The number of carbonyl (C=O) groups is 2. The molecule has 1 aliphatic rings. The fraction of sp³-hybridized carbons (Fsp3) is 0.250. The lowest BCUT2D eigenvalue weighted by molar-refractivity contribution is -0.124. The molecule has 3 aromatic rings. The number of thioether (sulfide) groups is 1. The van der Waals surface area contributed by atoms with Gasteiger partial charge in [0.05, 0.1) is 23.0 Å². The second-order valence-electron chi connectivity index (χ2n) is 6.44. The van der Waals surface area contributed by atoms with E-state index in [4.69, 9.17) is 0 Å². The first-order valence-electron chi connectivity index (χ1n) is 8.84. The van der Waals surface area contributed by atoms with Gasteiger partial charge in [-0.3, -0.25) is 9.59 Å². The Morgan fingerprint density at radius 2 is 2.07 bits per heavy atom. The first-order chi connectivity index (χ1) is 13.6. The number of nitrogens with one attached hydrogen (secondary N) is 1. The summed E-state index contributed by atoms with van der Waals surface area (Å²) in [7, 11) is 0. The van der Waals surface area contributed by atoms with Crippen LogP contribution in [0.3, 0.4) is 0 Å². The topological polar surface area (TPSA) is 62.3 Å². The van der Waals surface area contributed by atoms with Crippen molar-refractivity contribution in [2.24, 2.45) is 0 Å². The van der Waals surface area contributed by atoms with Crippen LogP contribution in [0.5, 0.6) is 0 Å². The van der Waals surface area contributed by atoms with Crippen LogP contribution in [-0.2, 0) is 11.3 Å². The lowest BCUT2D eigenvalue weighted by Crippen LogP contribution is -2.47. The molecular weight excluding hydrogens is 410 g/mol. The van der Waals surface area contributed by atoms with E-state index in [-0.39, 0.29) is 11.8 Å². The Morgan fingerprint density at radius 3 is 2.86 bits per heavy atom. The van der Waals surface area contributed by atoms with Gasteiger partial charge in [0.2, 0.25) is 5.91 Å². The SMILES string of the molecule is Cc1ccccc1C(=O)N1CSC[C@@H]1C(=O)NCc1csc(-c2cccs2)n1. The zero-order valence-electron chi connectivity index (χ0n) is 15.3. The monoisotopic (exact) mass is 429 g/mol. The normalized spacial score (nSPS) is 16.3. The van der Waals surface area contributed by atoms with Crippen LogP contribution in [0.4, 0.5) is 0 Å². The van der Waals surface area contributed by atoms with E-state index in [0.717, 1.165) is 21.1 Å². The molecule has 1 saturated heterocycles. The Balaban J connectivity index is 1.40. The molecule has 0 unspecified atom stereocenters. The molecule has 3 heterocycles.